The predicted octanol–water partition coefficient (Wildman–Crippen LogP) is 1.34. The summed E-state index contributed by atoms with van der Waals surface area (Å²) < 4.78 is 10.6. The van der Waals surface area contributed by atoms with Crippen LogP contribution in [0.3, 0.4) is 0 Å². The first-order chi connectivity index (χ1) is 8.70. The van der Waals surface area contributed by atoms with Gasteiger partial charge in [0, 0.05) is 25.7 Å². The van der Waals surface area contributed by atoms with Crippen LogP contribution in [0.5, 0.6) is 5.75 Å². The van der Waals surface area contributed by atoms with Crippen molar-refractivity contribution in [2.45, 2.75) is 13.0 Å². The summed E-state index contributed by atoms with van der Waals surface area (Å²) in [4.78, 5) is 2.35. The average molecular weight is 250 g/mol. The average Bonchev–Trinajstić information content (AvgIpc) is 2.39. The first kappa shape index (κ1) is 13.3. The van der Waals surface area contributed by atoms with Crippen molar-refractivity contribution in [2.75, 3.05) is 40.0 Å². The van der Waals surface area contributed by atoms with Gasteiger partial charge in [-0.15, -0.1) is 0 Å². The lowest BCUT2D eigenvalue weighted by Crippen LogP contribution is -2.40. The minimum Gasteiger partial charge on any atom is -0.496 e. The summed E-state index contributed by atoms with van der Waals surface area (Å²) in [5.74, 6) is 0.914. The maximum Gasteiger partial charge on any atom is 0.121 e. The predicted molar refractivity (Wildman–Crippen MR) is 71.9 cm³/mol. The van der Waals surface area contributed by atoms with Gasteiger partial charge in [-0.1, -0.05) is 12.1 Å². The van der Waals surface area contributed by atoms with Gasteiger partial charge >= 0.3 is 0 Å². The highest BCUT2D eigenvalue weighted by atomic mass is 16.5. The fourth-order valence-corrected chi connectivity index (χ4v) is 2.30. The third-order valence-electron chi connectivity index (χ3n) is 3.41. The Morgan fingerprint density at radius 1 is 1.39 bits per heavy atom. The molecule has 4 heteroatoms. The van der Waals surface area contributed by atoms with E-state index in [1.807, 2.05) is 13.0 Å². The van der Waals surface area contributed by atoms with E-state index < -0.39 is 0 Å². The van der Waals surface area contributed by atoms with Crippen molar-refractivity contribution >= 4 is 0 Å². The molecule has 1 aromatic rings. The Morgan fingerprint density at radius 2 is 2.11 bits per heavy atom. The van der Waals surface area contributed by atoms with Crippen molar-refractivity contribution < 1.29 is 9.47 Å². The monoisotopic (exact) mass is 250 g/mol. The van der Waals surface area contributed by atoms with Gasteiger partial charge in [0.05, 0.1) is 20.3 Å². The summed E-state index contributed by atoms with van der Waals surface area (Å²) in [7, 11) is 1.69. The molecular formula is C14H22N2O2. The molecule has 1 fully saturated rings. The second-order valence-electron chi connectivity index (χ2n) is 4.75. The van der Waals surface area contributed by atoms with E-state index in [-0.39, 0.29) is 6.04 Å². The van der Waals surface area contributed by atoms with Crippen LogP contribution in [0.15, 0.2) is 18.2 Å². The summed E-state index contributed by atoms with van der Waals surface area (Å²) in [6.45, 7) is 6.51. The molecule has 1 heterocycles. The zero-order valence-electron chi connectivity index (χ0n) is 11.2. The number of aryl methyl sites for hydroxylation is 1. The SMILES string of the molecule is COc1ccc(C(N)CN2CCOCC2)cc1C. The Morgan fingerprint density at radius 3 is 2.72 bits per heavy atom. The second-order valence-corrected chi connectivity index (χ2v) is 4.75. The van der Waals surface area contributed by atoms with Crippen LogP contribution >= 0.6 is 0 Å². The first-order valence-electron chi connectivity index (χ1n) is 6.41. The summed E-state index contributed by atoms with van der Waals surface area (Å²) >= 11 is 0. The fourth-order valence-electron chi connectivity index (χ4n) is 2.30. The Balaban J connectivity index is 1.99. The molecule has 0 saturated carbocycles. The first-order valence-corrected chi connectivity index (χ1v) is 6.41. The highest BCUT2D eigenvalue weighted by Gasteiger charge is 2.15. The maximum atomic E-state index is 6.26. The van der Waals surface area contributed by atoms with Gasteiger partial charge in [-0.3, -0.25) is 4.90 Å². The molecule has 1 aromatic carbocycles. The molecule has 100 valence electrons. The smallest absolute Gasteiger partial charge is 0.121 e. The van der Waals surface area contributed by atoms with Crippen molar-refractivity contribution in [2.24, 2.45) is 5.73 Å². The van der Waals surface area contributed by atoms with Crippen LogP contribution in [0.4, 0.5) is 0 Å². The number of benzene rings is 1. The molecule has 1 aliphatic heterocycles. The van der Waals surface area contributed by atoms with Crippen molar-refractivity contribution in [1.29, 1.82) is 0 Å². The molecule has 4 nitrogen and oxygen atoms in total. The molecule has 1 saturated heterocycles. The minimum absolute atomic E-state index is 0.0488. The van der Waals surface area contributed by atoms with E-state index in [1.54, 1.807) is 7.11 Å². The molecule has 0 spiro atoms. The lowest BCUT2D eigenvalue weighted by Gasteiger charge is -2.29. The van der Waals surface area contributed by atoms with E-state index in [0.29, 0.717) is 0 Å². The van der Waals surface area contributed by atoms with Crippen LogP contribution < -0.4 is 10.5 Å². The third kappa shape index (κ3) is 3.22. The highest BCUT2D eigenvalue weighted by molar-refractivity contribution is 5.37. The molecule has 1 unspecified atom stereocenters. The molecule has 0 amide bonds. The summed E-state index contributed by atoms with van der Waals surface area (Å²) in [6.07, 6.45) is 0. The molecule has 0 aliphatic carbocycles. The number of hydrogen-bond donors (Lipinski definition) is 1. The topological polar surface area (TPSA) is 47.7 Å². The van der Waals surface area contributed by atoms with Gasteiger partial charge in [-0.2, -0.15) is 0 Å². The number of hydrogen-bond acceptors (Lipinski definition) is 4. The van der Waals surface area contributed by atoms with Gasteiger partial charge in [-0.25, -0.2) is 0 Å². The molecule has 2 N–H and O–H groups in total. The van der Waals surface area contributed by atoms with E-state index in [0.717, 1.165) is 44.2 Å². The van der Waals surface area contributed by atoms with Crippen molar-refractivity contribution in [3.63, 3.8) is 0 Å². The van der Waals surface area contributed by atoms with Gasteiger partial charge in [0.1, 0.15) is 5.75 Å². The lowest BCUT2D eigenvalue weighted by molar-refractivity contribution is 0.0352. The van der Waals surface area contributed by atoms with Gasteiger partial charge in [0.2, 0.25) is 0 Å². The molecule has 2 rings (SSSR count). The number of rotatable bonds is 4. The van der Waals surface area contributed by atoms with E-state index in [9.17, 15) is 0 Å². The van der Waals surface area contributed by atoms with Crippen molar-refractivity contribution in [3.8, 4) is 5.75 Å². The molecule has 0 bridgehead atoms. The number of nitrogens with two attached hydrogens (primary N) is 1. The molecular weight excluding hydrogens is 228 g/mol. The summed E-state index contributed by atoms with van der Waals surface area (Å²) in [6, 6.07) is 6.21. The Bertz CT molecular complexity index is 389. The number of morpholine rings is 1. The molecule has 0 aromatic heterocycles. The normalized spacial score (nSPS) is 18.6. The van der Waals surface area contributed by atoms with Crippen LogP contribution in [0.25, 0.3) is 0 Å². The van der Waals surface area contributed by atoms with Gasteiger partial charge < -0.3 is 15.2 Å². The fraction of sp³-hybridized carbons (Fsp3) is 0.571. The van der Waals surface area contributed by atoms with Crippen LogP contribution in [-0.4, -0.2) is 44.9 Å². The zero-order chi connectivity index (χ0) is 13.0. The van der Waals surface area contributed by atoms with Crippen LogP contribution in [0, 0.1) is 6.92 Å². The molecule has 18 heavy (non-hydrogen) atoms. The van der Waals surface area contributed by atoms with Crippen molar-refractivity contribution in [1.82, 2.24) is 4.90 Å². The Labute approximate surface area is 109 Å². The molecule has 1 atom stereocenters. The Hall–Kier alpha value is -1.10. The maximum absolute atomic E-state index is 6.26. The zero-order valence-corrected chi connectivity index (χ0v) is 11.2. The highest BCUT2D eigenvalue weighted by Crippen LogP contribution is 2.22. The van der Waals surface area contributed by atoms with E-state index in [4.69, 9.17) is 15.2 Å². The summed E-state index contributed by atoms with van der Waals surface area (Å²) in [5.41, 5.74) is 8.56. The number of ether oxygens (including phenoxy) is 2. The lowest BCUT2D eigenvalue weighted by atomic mass is 10.0. The van der Waals surface area contributed by atoms with Crippen LogP contribution in [0.2, 0.25) is 0 Å². The second kappa shape index (κ2) is 6.18. The van der Waals surface area contributed by atoms with E-state index in [1.165, 1.54) is 5.56 Å². The van der Waals surface area contributed by atoms with Crippen LogP contribution in [-0.2, 0) is 4.74 Å². The van der Waals surface area contributed by atoms with E-state index >= 15 is 0 Å². The largest absolute Gasteiger partial charge is 0.496 e. The van der Waals surface area contributed by atoms with E-state index in [2.05, 4.69) is 17.0 Å². The number of nitrogens with zero attached hydrogens (tertiary/aromatic N) is 1. The standard InChI is InChI=1S/C14H22N2O2/c1-11-9-12(3-4-14(11)17-2)13(15)10-16-5-7-18-8-6-16/h3-4,9,13H,5-8,10,15H2,1-2H3. The molecule has 0 radical (unpaired) electrons. The van der Waals surface area contributed by atoms with Crippen LogP contribution in [0.1, 0.15) is 17.2 Å². The van der Waals surface area contributed by atoms with Gasteiger partial charge in [0.15, 0.2) is 0 Å². The quantitative estimate of drug-likeness (QED) is 0.876. The van der Waals surface area contributed by atoms with Gasteiger partial charge in [0.25, 0.3) is 0 Å². The van der Waals surface area contributed by atoms with Crippen molar-refractivity contribution in [3.05, 3.63) is 29.3 Å². The molecule has 1 aliphatic rings. The minimum atomic E-state index is 0.0488. The third-order valence-corrected chi connectivity index (χ3v) is 3.41. The number of methoxy groups -OCH3 is 1. The summed E-state index contributed by atoms with van der Waals surface area (Å²) in [5, 5.41) is 0. The Kier molecular flexibility index (Phi) is 4.58. The van der Waals surface area contributed by atoms with Gasteiger partial charge in [-0.05, 0) is 24.1 Å².